The van der Waals surface area contributed by atoms with Crippen molar-refractivity contribution in [1.82, 2.24) is 0 Å². The number of methoxy groups -OCH3 is 1. The fraction of sp³-hybridized carbons (Fsp3) is 0.263. The van der Waals surface area contributed by atoms with Gasteiger partial charge in [0.15, 0.2) is 0 Å². The highest BCUT2D eigenvalue weighted by Gasteiger charge is 2.39. The van der Waals surface area contributed by atoms with Crippen LogP contribution in [0.2, 0.25) is 0 Å². The fourth-order valence-corrected chi connectivity index (χ4v) is 3.81. The summed E-state index contributed by atoms with van der Waals surface area (Å²) in [5.74, 6) is 1.33. The van der Waals surface area contributed by atoms with Gasteiger partial charge in [-0.05, 0) is 30.0 Å². The molecule has 2 aromatic carbocycles. The van der Waals surface area contributed by atoms with Gasteiger partial charge in [0.25, 0.3) is 0 Å². The lowest BCUT2D eigenvalue weighted by Crippen LogP contribution is -2.30. The summed E-state index contributed by atoms with van der Waals surface area (Å²) in [5, 5.41) is 3.43. The second-order valence-electron chi connectivity index (χ2n) is 5.92. The minimum absolute atomic E-state index is 0.0561. The zero-order valence-electron chi connectivity index (χ0n) is 12.4. The maximum atomic E-state index is 14.3. The van der Waals surface area contributed by atoms with E-state index in [4.69, 9.17) is 4.74 Å². The topological polar surface area (TPSA) is 21.3 Å². The monoisotopic (exact) mass is 295 g/mol. The normalized spacial score (nSPS) is 25.3. The molecule has 0 radical (unpaired) electrons. The van der Waals surface area contributed by atoms with Gasteiger partial charge in [-0.2, -0.15) is 0 Å². The van der Waals surface area contributed by atoms with Crippen molar-refractivity contribution in [1.29, 1.82) is 0 Å². The highest BCUT2D eigenvalue weighted by Crippen LogP contribution is 2.51. The molecule has 1 aliphatic heterocycles. The van der Waals surface area contributed by atoms with Crippen LogP contribution in [0, 0.1) is 11.7 Å². The van der Waals surface area contributed by atoms with Crippen LogP contribution in [0.1, 0.15) is 29.5 Å². The number of fused-ring (bicyclic) bond motifs is 3. The summed E-state index contributed by atoms with van der Waals surface area (Å²) in [7, 11) is 1.68. The molecule has 2 aliphatic rings. The molecule has 2 aromatic rings. The summed E-state index contributed by atoms with van der Waals surface area (Å²) in [4.78, 5) is 0. The molecule has 0 unspecified atom stereocenters. The molecule has 22 heavy (non-hydrogen) atoms. The van der Waals surface area contributed by atoms with Crippen molar-refractivity contribution < 1.29 is 9.13 Å². The van der Waals surface area contributed by atoms with Crippen molar-refractivity contribution >= 4 is 5.69 Å². The molecule has 3 atom stereocenters. The molecule has 4 rings (SSSR count). The minimum atomic E-state index is -0.184. The van der Waals surface area contributed by atoms with Gasteiger partial charge in [0.05, 0.1) is 18.8 Å². The third-order valence-corrected chi connectivity index (χ3v) is 4.82. The van der Waals surface area contributed by atoms with Crippen LogP contribution in [0.5, 0.6) is 5.75 Å². The smallest absolute Gasteiger partial charge is 0.146 e. The summed E-state index contributed by atoms with van der Waals surface area (Å²) in [6.07, 6.45) is 5.42. The van der Waals surface area contributed by atoms with E-state index in [1.807, 2.05) is 24.3 Å². The van der Waals surface area contributed by atoms with E-state index < -0.39 is 0 Å². The maximum Gasteiger partial charge on any atom is 0.146 e. The summed E-state index contributed by atoms with van der Waals surface area (Å²) in [6.45, 7) is 0. The third-order valence-electron chi connectivity index (χ3n) is 4.82. The van der Waals surface area contributed by atoms with Crippen LogP contribution < -0.4 is 10.1 Å². The van der Waals surface area contributed by atoms with Gasteiger partial charge in [-0.15, -0.1) is 0 Å². The molecule has 0 saturated heterocycles. The van der Waals surface area contributed by atoms with E-state index in [-0.39, 0.29) is 17.8 Å². The molecule has 112 valence electrons. The minimum Gasteiger partial charge on any atom is -0.496 e. The first-order valence-corrected chi connectivity index (χ1v) is 7.64. The Hall–Kier alpha value is -2.29. The van der Waals surface area contributed by atoms with E-state index in [0.29, 0.717) is 11.6 Å². The van der Waals surface area contributed by atoms with Gasteiger partial charge in [-0.1, -0.05) is 42.5 Å². The van der Waals surface area contributed by atoms with Gasteiger partial charge >= 0.3 is 0 Å². The van der Waals surface area contributed by atoms with Crippen molar-refractivity contribution in [3.8, 4) is 5.75 Å². The molecule has 1 aliphatic carbocycles. The van der Waals surface area contributed by atoms with Crippen LogP contribution in [-0.2, 0) is 0 Å². The number of hydrogen-bond acceptors (Lipinski definition) is 2. The zero-order valence-corrected chi connectivity index (χ0v) is 12.4. The first-order chi connectivity index (χ1) is 10.8. The van der Waals surface area contributed by atoms with Gasteiger partial charge in [-0.3, -0.25) is 0 Å². The number of hydrogen-bond donors (Lipinski definition) is 1. The molecule has 0 aromatic heterocycles. The first-order valence-electron chi connectivity index (χ1n) is 7.64. The molecule has 0 amide bonds. The number of anilines is 1. The average molecular weight is 295 g/mol. The predicted molar refractivity (Wildman–Crippen MR) is 85.7 cm³/mol. The molecular weight excluding hydrogens is 277 g/mol. The SMILES string of the molecule is COc1ccccc1[C@@H]1Nc2c(F)cccc2[C@H]2C=CC[C@H]21. The standard InChI is InChI=1S/C19H18FNO/c1-22-17-11-3-2-6-15(17)18-13-8-4-7-12(13)14-9-5-10-16(20)19(14)21-18/h2-7,9-13,18,21H,8H2,1H3/t12-,13+,18+/m0/s1. The van der Waals surface area contributed by atoms with Crippen LogP contribution in [0.3, 0.4) is 0 Å². The van der Waals surface area contributed by atoms with Crippen molar-refractivity contribution in [2.24, 2.45) is 5.92 Å². The Labute approximate surface area is 129 Å². The molecule has 0 bridgehead atoms. The second kappa shape index (κ2) is 5.16. The number of rotatable bonds is 2. The Balaban J connectivity index is 1.84. The number of halogens is 1. The number of allylic oxidation sites excluding steroid dienone is 2. The zero-order chi connectivity index (χ0) is 15.1. The number of nitrogens with one attached hydrogen (secondary N) is 1. The molecule has 0 spiro atoms. The molecule has 0 saturated carbocycles. The van der Waals surface area contributed by atoms with Gasteiger partial charge in [0.1, 0.15) is 11.6 Å². The molecule has 0 fully saturated rings. The molecule has 2 nitrogen and oxygen atoms in total. The molecule has 1 N–H and O–H groups in total. The average Bonchev–Trinajstić information content (AvgIpc) is 3.04. The quantitative estimate of drug-likeness (QED) is 0.814. The van der Waals surface area contributed by atoms with Crippen molar-refractivity contribution in [3.63, 3.8) is 0 Å². The van der Waals surface area contributed by atoms with Crippen LogP contribution in [0.15, 0.2) is 54.6 Å². The van der Waals surface area contributed by atoms with Crippen LogP contribution in [-0.4, -0.2) is 7.11 Å². The van der Waals surface area contributed by atoms with Gasteiger partial charge < -0.3 is 10.1 Å². The largest absolute Gasteiger partial charge is 0.496 e. The highest BCUT2D eigenvalue weighted by molar-refractivity contribution is 5.61. The van der Waals surface area contributed by atoms with E-state index >= 15 is 0 Å². The van der Waals surface area contributed by atoms with Crippen LogP contribution in [0.4, 0.5) is 10.1 Å². The first kappa shape index (κ1) is 13.4. The van der Waals surface area contributed by atoms with Crippen molar-refractivity contribution in [2.75, 3.05) is 12.4 Å². The molecular formula is C19H18FNO. The molecule has 1 heterocycles. The molecule has 3 heteroatoms. The maximum absolute atomic E-state index is 14.3. The number of para-hydroxylation sites is 2. The van der Waals surface area contributed by atoms with E-state index in [9.17, 15) is 4.39 Å². The number of ether oxygens (including phenoxy) is 1. The fourth-order valence-electron chi connectivity index (χ4n) is 3.81. The third kappa shape index (κ3) is 1.92. The van der Waals surface area contributed by atoms with E-state index in [1.165, 1.54) is 6.07 Å². The predicted octanol–water partition coefficient (Wildman–Crippen LogP) is 4.66. The summed E-state index contributed by atoms with van der Waals surface area (Å²) < 4.78 is 19.8. The van der Waals surface area contributed by atoms with Crippen molar-refractivity contribution in [3.05, 3.63) is 71.6 Å². The Morgan fingerprint density at radius 2 is 1.91 bits per heavy atom. The summed E-state index contributed by atoms with van der Waals surface area (Å²) >= 11 is 0. The summed E-state index contributed by atoms with van der Waals surface area (Å²) in [5.41, 5.74) is 2.79. The Morgan fingerprint density at radius 3 is 2.77 bits per heavy atom. The lowest BCUT2D eigenvalue weighted by molar-refractivity contribution is 0.379. The van der Waals surface area contributed by atoms with Gasteiger partial charge in [-0.25, -0.2) is 4.39 Å². The Kier molecular flexibility index (Phi) is 3.14. The lowest BCUT2D eigenvalue weighted by atomic mass is 9.77. The van der Waals surface area contributed by atoms with E-state index in [2.05, 4.69) is 23.5 Å². The van der Waals surface area contributed by atoms with E-state index in [0.717, 1.165) is 23.3 Å². The Bertz CT molecular complexity index is 740. The van der Waals surface area contributed by atoms with E-state index in [1.54, 1.807) is 13.2 Å². The highest BCUT2D eigenvalue weighted by atomic mass is 19.1. The lowest BCUT2D eigenvalue weighted by Gasteiger charge is -2.38. The van der Waals surface area contributed by atoms with Crippen LogP contribution >= 0.6 is 0 Å². The van der Waals surface area contributed by atoms with Crippen molar-refractivity contribution in [2.45, 2.75) is 18.4 Å². The van der Waals surface area contributed by atoms with Gasteiger partial charge in [0.2, 0.25) is 0 Å². The Morgan fingerprint density at radius 1 is 1.09 bits per heavy atom. The second-order valence-corrected chi connectivity index (χ2v) is 5.92. The summed E-state index contributed by atoms with van der Waals surface area (Å²) in [6, 6.07) is 13.4. The van der Waals surface area contributed by atoms with Gasteiger partial charge in [0, 0.05) is 11.5 Å². The van der Waals surface area contributed by atoms with Crippen LogP contribution in [0.25, 0.3) is 0 Å². The number of benzene rings is 2.